The molecule has 2 atom stereocenters. The molecule has 1 saturated heterocycles. The molecular weight excluding hydrogens is 320 g/mol. The molecule has 0 bridgehead atoms. The highest BCUT2D eigenvalue weighted by Crippen LogP contribution is 2.37. The average Bonchev–Trinajstić information content (AvgIpc) is 2.69. The first-order chi connectivity index (χ1) is 12.8. The molecule has 0 amide bonds. The topological polar surface area (TPSA) is 18.5 Å². The summed E-state index contributed by atoms with van der Waals surface area (Å²) in [6, 6.07) is 8.77. The van der Waals surface area contributed by atoms with E-state index >= 15 is 0 Å². The number of hydrogen-bond donors (Lipinski definition) is 0. The van der Waals surface area contributed by atoms with Crippen molar-refractivity contribution in [2.45, 2.75) is 77.2 Å². The van der Waals surface area contributed by atoms with Crippen LogP contribution in [0.3, 0.4) is 0 Å². The van der Waals surface area contributed by atoms with E-state index in [1.807, 2.05) is 6.92 Å². The molecule has 1 aliphatic carbocycles. The SMILES string of the molecule is CCCC1CCC(/C=C/C2CCC(c3ccc(OCC)cc3)CC2)CO1. The second-order valence-corrected chi connectivity index (χ2v) is 8.08. The Hall–Kier alpha value is -1.28. The van der Waals surface area contributed by atoms with E-state index < -0.39 is 0 Å². The second kappa shape index (κ2) is 10.2. The van der Waals surface area contributed by atoms with Gasteiger partial charge >= 0.3 is 0 Å². The van der Waals surface area contributed by atoms with Crippen molar-refractivity contribution in [3.05, 3.63) is 42.0 Å². The first-order valence-electron chi connectivity index (χ1n) is 10.8. The quantitative estimate of drug-likeness (QED) is 0.518. The Bertz CT molecular complexity index is 532. The van der Waals surface area contributed by atoms with Crippen molar-refractivity contribution in [1.29, 1.82) is 0 Å². The summed E-state index contributed by atoms with van der Waals surface area (Å²) in [5.74, 6) is 3.13. The van der Waals surface area contributed by atoms with Crippen LogP contribution in [0.25, 0.3) is 0 Å². The Morgan fingerprint density at radius 1 is 0.923 bits per heavy atom. The summed E-state index contributed by atoms with van der Waals surface area (Å²) in [5, 5.41) is 0. The van der Waals surface area contributed by atoms with E-state index in [9.17, 15) is 0 Å². The molecule has 2 nitrogen and oxygen atoms in total. The van der Waals surface area contributed by atoms with Crippen LogP contribution in [0.15, 0.2) is 36.4 Å². The fourth-order valence-electron chi connectivity index (χ4n) is 4.49. The maximum Gasteiger partial charge on any atom is 0.119 e. The Morgan fingerprint density at radius 2 is 1.62 bits per heavy atom. The van der Waals surface area contributed by atoms with Crippen molar-refractivity contribution in [3.63, 3.8) is 0 Å². The van der Waals surface area contributed by atoms with E-state index in [0.29, 0.717) is 12.0 Å². The Balaban J connectivity index is 1.41. The Kier molecular flexibility index (Phi) is 7.61. The molecule has 0 radical (unpaired) electrons. The van der Waals surface area contributed by atoms with Crippen molar-refractivity contribution >= 4 is 0 Å². The number of rotatable bonds is 7. The van der Waals surface area contributed by atoms with Gasteiger partial charge in [0.1, 0.15) is 5.75 Å². The van der Waals surface area contributed by atoms with Gasteiger partial charge in [-0.3, -0.25) is 0 Å². The van der Waals surface area contributed by atoms with Crippen LogP contribution < -0.4 is 4.74 Å². The van der Waals surface area contributed by atoms with Crippen LogP contribution in [0.1, 0.15) is 76.7 Å². The van der Waals surface area contributed by atoms with Gasteiger partial charge in [0.05, 0.1) is 19.3 Å². The zero-order valence-corrected chi connectivity index (χ0v) is 16.7. The summed E-state index contributed by atoms with van der Waals surface area (Å²) < 4.78 is 11.6. The fourth-order valence-corrected chi connectivity index (χ4v) is 4.49. The molecule has 1 aromatic rings. The first kappa shape index (κ1) is 19.5. The van der Waals surface area contributed by atoms with E-state index in [1.165, 1.54) is 56.9 Å². The highest BCUT2D eigenvalue weighted by molar-refractivity contribution is 5.29. The second-order valence-electron chi connectivity index (χ2n) is 8.08. The lowest BCUT2D eigenvalue weighted by Crippen LogP contribution is -2.24. The van der Waals surface area contributed by atoms with E-state index in [2.05, 4.69) is 43.3 Å². The summed E-state index contributed by atoms with van der Waals surface area (Å²) in [6.07, 6.45) is 15.8. The summed E-state index contributed by atoms with van der Waals surface area (Å²) in [5.41, 5.74) is 1.48. The van der Waals surface area contributed by atoms with Crippen molar-refractivity contribution in [2.24, 2.45) is 11.8 Å². The molecule has 2 fully saturated rings. The minimum atomic E-state index is 0.522. The van der Waals surface area contributed by atoms with Gasteiger partial charge in [-0.15, -0.1) is 0 Å². The molecule has 1 heterocycles. The lowest BCUT2D eigenvalue weighted by Gasteiger charge is -2.29. The predicted octanol–water partition coefficient (Wildman–Crippen LogP) is 6.51. The minimum absolute atomic E-state index is 0.522. The number of allylic oxidation sites excluding steroid dienone is 1. The predicted molar refractivity (Wildman–Crippen MR) is 109 cm³/mol. The monoisotopic (exact) mass is 356 g/mol. The van der Waals surface area contributed by atoms with Crippen LogP contribution in [0.4, 0.5) is 0 Å². The molecule has 2 heteroatoms. The van der Waals surface area contributed by atoms with Crippen LogP contribution >= 0.6 is 0 Å². The molecule has 0 N–H and O–H groups in total. The number of ether oxygens (including phenoxy) is 2. The molecular formula is C24H36O2. The van der Waals surface area contributed by atoms with Crippen LogP contribution in [0.2, 0.25) is 0 Å². The molecule has 1 aliphatic heterocycles. The molecule has 1 saturated carbocycles. The van der Waals surface area contributed by atoms with E-state index in [0.717, 1.165) is 30.8 Å². The summed E-state index contributed by atoms with van der Waals surface area (Å²) in [4.78, 5) is 0. The zero-order chi connectivity index (χ0) is 18.2. The smallest absolute Gasteiger partial charge is 0.119 e. The third-order valence-corrected chi connectivity index (χ3v) is 6.11. The van der Waals surface area contributed by atoms with Crippen molar-refractivity contribution < 1.29 is 9.47 Å². The van der Waals surface area contributed by atoms with E-state index in [1.54, 1.807) is 0 Å². The molecule has 3 rings (SSSR count). The van der Waals surface area contributed by atoms with Crippen molar-refractivity contribution in [2.75, 3.05) is 13.2 Å². The minimum Gasteiger partial charge on any atom is -0.494 e. The van der Waals surface area contributed by atoms with Gasteiger partial charge < -0.3 is 9.47 Å². The molecule has 0 spiro atoms. The van der Waals surface area contributed by atoms with Gasteiger partial charge in [-0.05, 0) is 81.4 Å². The standard InChI is InChI=1S/C24H36O2/c1-3-5-23-15-10-20(18-26-23)7-6-19-8-11-21(12-9-19)22-13-16-24(17-14-22)25-4-2/h6-7,13-14,16-17,19-21,23H,3-5,8-12,15,18H2,1-2H3/b7-6+. The summed E-state index contributed by atoms with van der Waals surface area (Å²) >= 11 is 0. The van der Waals surface area contributed by atoms with Crippen molar-refractivity contribution in [1.82, 2.24) is 0 Å². The van der Waals surface area contributed by atoms with Crippen LogP contribution in [-0.4, -0.2) is 19.3 Å². The van der Waals surface area contributed by atoms with Gasteiger partial charge in [0.25, 0.3) is 0 Å². The van der Waals surface area contributed by atoms with Crippen molar-refractivity contribution in [3.8, 4) is 5.75 Å². The number of hydrogen-bond acceptors (Lipinski definition) is 2. The third-order valence-electron chi connectivity index (χ3n) is 6.11. The van der Waals surface area contributed by atoms with Gasteiger partial charge in [-0.25, -0.2) is 0 Å². The zero-order valence-electron chi connectivity index (χ0n) is 16.7. The largest absolute Gasteiger partial charge is 0.494 e. The molecule has 1 aromatic carbocycles. The molecule has 0 aromatic heterocycles. The third kappa shape index (κ3) is 5.61. The van der Waals surface area contributed by atoms with Gasteiger partial charge in [0.2, 0.25) is 0 Å². The van der Waals surface area contributed by atoms with Gasteiger partial charge in [0.15, 0.2) is 0 Å². The fraction of sp³-hybridized carbons (Fsp3) is 0.667. The van der Waals surface area contributed by atoms with E-state index in [-0.39, 0.29) is 0 Å². The van der Waals surface area contributed by atoms with Gasteiger partial charge in [-0.1, -0.05) is 37.6 Å². The Labute approximate surface area is 160 Å². The summed E-state index contributed by atoms with van der Waals surface area (Å²) in [6.45, 7) is 5.95. The maximum atomic E-state index is 6.01. The molecule has 144 valence electrons. The van der Waals surface area contributed by atoms with Gasteiger partial charge in [-0.2, -0.15) is 0 Å². The molecule has 26 heavy (non-hydrogen) atoms. The van der Waals surface area contributed by atoms with Crippen LogP contribution in [-0.2, 0) is 4.74 Å². The molecule has 2 aliphatic rings. The van der Waals surface area contributed by atoms with Crippen LogP contribution in [0.5, 0.6) is 5.75 Å². The lowest BCUT2D eigenvalue weighted by atomic mass is 9.78. The molecule has 2 unspecified atom stereocenters. The Morgan fingerprint density at radius 3 is 2.23 bits per heavy atom. The lowest BCUT2D eigenvalue weighted by molar-refractivity contribution is -0.00852. The number of benzene rings is 1. The normalized spacial score (nSPS) is 29.8. The highest BCUT2D eigenvalue weighted by atomic mass is 16.5. The summed E-state index contributed by atoms with van der Waals surface area (Å²) in [7, 11) is 0. The van der Waals surface area contributed by atoms with Gasteiger partial charge in [0, 0.05) is 5.92 Å². The first-order valence-corrected chi connectivity index (χ1v) is 10.8. The maximum absolute atomic E-state index is 6.01. The van der Waals surface area contributed by atoms with Crippen LogP contribution in [0, 0.1) is 11.8 Å². The average molecular weight is 357 g/mol. The van der Waals surface area contributed by atoms with E-state index in [4.69, 9.17) is 9.47 Å². The highest BCUT2D eigenvalue weighted by Gasteiger charge is 2.22.